The van der Waals surface area contributed by atoms with Crippen LogP contribution in [0.4, 0.5) is 0 Å². The molecule has 0 aromatic rings. The summed E-state index contributed by atoms with van der Waals surface area (Å²) >= 11 is 0. The monoisotopic (exact) mass is 333 g/mol. The van der Waals surface area contributed by atoms with Crippen molar-refractivity contribution in [3.8, 4) is 0 Å². The van der Waals surface area contributed by atoms with Crippen molar-refractivity contribution in [2.75, 3.05) is 13.6 Å². The average molecular weight is 333 g/mol. The van der Waals surface area contributed by atoms with Crippen LogP contribution in [-0.4, -0.2) is 54.3 Å². The van der Waals surface area contributed by atoms with Crippen molar-refractivity contribution in [2.24, 2.45) is 0 Å². The summed E-state index contributed by atoms with van der Waals surface area (Å²) in [4.78, 5) is 38.0. The van der Waals surface area contributed by atoms with Crippen molar-refractivity contribution in [2.45, 2.75) is 50.7 Å². The summed E-state index contributed by atoms with van der Waals surface area (Å²) in [5, 5.41) is 6.49. The van der Waals surface area contributed by atoms with E-state index in [1.807, 2.05) is 6.92 Å². The van der Waals surface area contributed by atoms with Crippen LogP contribution >= 0.6 is 15.2 Å². The zero-order valence-electron chi connectivity index (χ0n) is 12.0. The van der Waals surface area contributed by atoms with E-state index in [1.54, 1.807) is 18.9 Å². The van der Waals surface area contributed by atoms with E-state index in [2.05, 4.69) is 0 Å². The van der Waals surface area contributed by atoms with E-state index in [-0.39, 0.29) is 0 Å². The first-order chi connectivity index (χ1) is 8.87. The summed E-state index contributed by atoms with van der Waals surface area (Å²) < 4.78 is 22.5. The zero-order chi connectivity index (χ0) is 16.2. The third kappa shape index (κ3) is 5.20. The Morgan fingerprint density at radius 3 is 1.90 bits per heavy atom. The summed E-state index contributed by atoms with van der Waals surface area (Å²) in [6, 6.07) is -0.586. The Hall–Kier alpha value is 0.220. The molecule has 0 heterocycles. The van der Waals surface area contributed by atoms with Gasteiger partial charge in [-0.3, -0.25) is 9.13 Å². The highest BCUT2D eigenvalue weighted by Gasteiger charge is 2.59. The molecule has 0 aliphatic carbocycles. The number of unbranched alkanes of at least 4 members (excludes halogenated alkanes) is 2. The molecule has 0 spiro atoms. The lowest BCUT2D eigenvalue weighted by molar-refractivity contribution is 0.0924. The Balaban J connectivity index is 4.94. The normalized spacial score (nSPS) is 15.7. The summed E-state index contributed by atoms with van der Waals surface area (Å²) in [5.41, 5.74) is 0. The van der Waals surface area contributed by atoms with E-state index in [9.17, 15) is 14.2 Å². The van der Waals surface area contributed by atoms with Crippen LogP contribution in [0.25, 0.3) is 0 Å². The molecule has 0 saturated carbocycles. The molecule has 1 unspecified atom stereocenters. The highest BCUT2D eigenvalue weighted by atomic mass is 31.2. The number of aliphatic hydroxyl groups is 1. The molecule has 0 bridgehead atoms. The average Bonchev–Trinajstić information content (AvgIpc) is 2.25. The first-order valence-electron chi connectivity index (χ1n) is 6.40. The van der Waals surface area contributed by atoms with Gasteiger partial charge in [0.05, 0.1) is 0 Å². The number of rotatable bonds is 9. The van der Waals surface area contributed by atoms with Gasteiger partial charge in [-0.1, -0.05) is 19.8 Å². The van der Waals surface area contributed by atoms with Crippen LogP contribution < -0.4 is 0 Å². The SMILES string of the molecule is CCCCCN(C)C(C)CC(O)(P(=O)(O)O)P(=O)(O)O. The summed E-state index contributed by atoms with van der Waals surface area (Å²) in [6.45, 7) is 4.21. The third-order valence-electron chi connectivity index (χ3n) is 3.37. The number of nitrogens with zero attached hydrogens (tertiary/aromatic N) is 1. The highest BCUT2D eigenvalue weighted by molar-refractivity contribution is 7.72. The molecule has 8 nitrogen and oxygen atoms in total. The van der Waals surface area contributed by atoms with Crippen LogP contribution in [0.2, 0.25) is 0 Å². The molecule has 0 aliphatic rings. The molecule has 0 rings (SSSR count). The molecule has 122 valence electrons. The molecule has 0 aromatic heterocycles. The van der Waals surface area contributed by atoms with Crippen molar-refractivity contribution in [3.63, 3.8) is 0 Å². The van der Waals surface area contributed by atoms with Gasteiger partial charge in [0.2, 0.25) is 0 Å². The van der Waals surface area contributed by atoms with Crippen molar-refractivity contribution in [3.05, 3.63) is 0 Å². The molecule has 0 fully saturated rings. The van der Waals surface area contributed by atoms with E-state index in [1.165, 1.54) is 0 Å². The predicted molar refractivity (Wildman–Crippen MR) is 75.3 cm³/mol. The maximum atomic E-state index is 11.3. The standard InChI is InChI=1S/C10H25NO7P2/c1-4-5-6-7-11(3)9(2)8-10(12,19(13,14)15)20(16,17)18/h9,12H,4-8H2,1-3H3,(H2,13,14,15)(H2,16,17,18). The van der Waals surface area contributed by atoms with Gasteiger partial charge in [-0.05, 0) is 26.9 Å². The van der Waals surface area contributed by atoms with Gasteiger partial charge in [0, 0.05) is 12.5 Å². The maximum absolute atomic E-state index is 11.3. The second-order valence-electron chi connectivity index (χ2n) is 5.10. The minimum atomic E-state index is -5.37. The van der Waals surface area contributed by atoms with Gasteiger partial charge in [-0.25, -0.2) is 0 Å². The largest absolute Gasteiger partial charge is 0.369 e. The minimum absolute atomic E-state index is 0.586. The van der Waals surface area contributed by atoms with Gasteiger partial charge in [0.15, 0.2) is 0 Å². The topological polar surface area (TPSA) is 139 Å². The molecule has 0 amide bonds. The Bertz CT molecular complexity index is 369. The third-order valence-corrected chi connectivity index (χ3v) is 7.16. The van der Waals surface area contributed by atoms with E-state index in [0.29, 0.717) is 6.54 Å². The second kappa shape index (κ2) is 7.47. The first kappa shape index (κ1) is 20.2. The van der Waals surface area contributed by atoms with Gasteiger partial charge in [-0.2, -0.15) is 0 Å². The van der Waals surface area contributed by atoms with Gasteiger partial charge in [-0.15, -0.1) is 0 Å². The van der Waals surface area contributed by atoms with Crippen LogP contribution in [0.3, 0.4) is 0 Å². The van der Waals surface area contributed by atoms with E-state index < -0.39 is 32.7 Å². The van der Waals surface area contributed by atoms with Gasteiger partial charge >= 0.3 is 15.2 Å². The summed E-state index contributed by atoms with van der Waals surface area (Å²) in [6.07, 6.45) is 2.15. The fourth-order valence-corrected chi connectivity index (χ4v) is 4.15. The van der Waals surface area contributed by atoms with E-state index >= 15 is 0 Å². The van der Waals surface area contributed by atoms with Crippen molar-refractivity contribution < 1.29 is 33.8 Å². The lowest BCUT2D eigenvalue weighted by Gasteiger charge is -2.34. The molecular formula is C10H25NO7P2. The lowest BCUT2D eigenvalue weighted by Crippen LogP contribution is -2.39. The summed E-state index contributed by atoms with van der Waals surface area (Å²) in [7, 11) is -9.06. The van der Waals surface area contributed by atoms with Crippen LogP contribution in [0.1, 0.15) is 39.5 Å². The van der Waals surface area contributed by atoms with Crippen LogP contribution in [0.15, 0.2) is 0 Å². The Morgan fingerprint density at radius 1 is 1.10 bits per heavy atom. The fraction of sp³-hybridized carbons (Fsp3) is 1.00. The Kier molecular flexibility index (Phi) is 7.56. The molecule has 10 heteroatoms. The number of hydrogen-bond acceptors (Lipinski definition) is 4. The van der Waals surface area contributed by atoms with Crippen molar-refractivity contribution in [1.29, 1.82) is 0 Å². The van der Waals surface area contributed by atoms with Crippen molar-refractivity contribution >= 4 is 15.2 Å². The highest BCUT2D eigenvalue weighted by Crippen LogP contribution is 2.69. The van der Waals surface area contributed by atoms with Crippen LogP contribution in [-0.2, 0) is 9.13 Å². The lowest BCUT2D eigenvalue weighted by atomic mass is 10.2. The van der Waals surface area contributed by atoms with Crippen LogP contribution in [0, 0.1) is 0 Å². The van der Waals surface area contributed by atoms with Gasteiger partial charge in [0.25, 0.3) is 5.08 Å². The molecular weight excluding hydrogens is 308 g/mol. The maximum Gasteiger partial charge on any atom is 0.369 e. The predicted octanol–water partition coefficient (Wildman–Crippen LogP) is 0.889. The fourth-order valence-electron chi connectivity index (χ4n) is 1.79. The Labute approximate surface area is 119 Å². The molecule has 1 atom stereocenters. The van der Waals surface area contributed by atoms with Gasteiger partial charge < -0.3 is 29.6 Å². The molecule has 20 heavy (non-hydrogen) atoms. The Morgan fingerprint density at radius 2 is 1.55 bits per heavy atom. The molecule has 0 saturated heterocycles. The first-order valence-corrected chi connectivity index (χ1v) is 9.63. The smallest absolute Gasteiger partial charge is 0.367 e. The molecule has 0 aromatic carbocycles. The second-order valence-corrected chi connectivity index (χ2v) is 9.11. The zero-order valence-corrected chi connectivity index (χ0v) is 13.8. The summed E-state index contributed by atoms with van der Waals surface area (Å²) in [5.74, 6) is 0. The van der Waals surface area contributed by atoms with Gasteiger partial charge in [0.1, 0.15) is 0 Å². The molecule has 5 N–H and O–H groups in total. The van der Waals surface area contributed by atoms with E-state index in [4.69, 9.17) is 19.6 Å². The van der Waals surface area contributed by atoms with E-state index in [0.717, 1.165) is 19.3 Å². The molecule has 0 radical (unpaired) electrons. The van der Waals surface area contributed by atoms with Crippen LogP contribution in [0.5, 0.6) is 0 Å². The quantitative estimate of drug-likeness (QED) is 0.310. The molecule has 0 aliphatic heterocycles. The minimum Gasteiger partial charge on any atom is -0.367 e. The number of hydrogen-bond donors (Lipinski definition) is 5. The van der Waals surface area contributed by atoms with Crippen molar-refractivity contribution in [1.82, 2.24) is 4.90 Å².